The van der Waals surface area contributed by atoms with Gasteiger partial charge in [-0.05, 0) is 58.2 Å². The molecule has 1 amide bonds. The van der Waals surface area contributed by atoms with E-state index in [0.29, 0.717) is 17.5 Å². The third kappa shape index (κ3) is 4.38. The Balaban J connectivity index is 1.93. The lowest BCUT2D eigenvalue weighted by atomic mass is 9.85. The van der Waals surface area contributed by atoms with Crippen LogP contribution < -0.4 is 10.1 Å². The monoisotopic (exact) mass is 387 g/mol. The highest BCUT2D eigenvalue weighted by molar-refractivity contribution is 6.31. The van der Waals surface area contributed by atoms with E-state index in [2.05, 4.69) is 39.1 Å². The molecule has 27 heavy (non-hydrogen) atoms. The zero-order valence-corrected chi connectivity index (χ0v) is 16.9. The van der Waals surface area contributed by atoms with Crippen LogP contribution in [0.25, 0.3) is 11.1 Å². The average Bonchev–Trinajstić information content (AvgIpc) is 2.81. The fraction of sp³-hybridized carbons (Fsp3) is 0.409. The molecule has 144 valence electrons. The standard InChI is InChI=1S/C22H26ClNO3/c1-13(2)12-27-18-9-15(8-17(23)10-18)14-5-6-19-16(7-14)11-22(3,4)20(19)24-21(25)26/h5-10,13,20,24H,11-12H2,1-4H3,(H,25,26)/t20-/m0/s1. The number of ether oxygens (including phenoxy) is 1. The molecule has 2 aromatic rings. The predicted octanol–water partition coefficient (Wildman–Crippen LogP) is 5.93. The minimum Gasteiger partial charge on any atom is -0.493 e. The van der Waals surface area contributed by atoms with Crippen molar-refractivity contribution >= 4 is 17.7 Å². The molecule has 1 atom stereocenters. The Hall–Kier alpha value is -2.20. The highest BCUT2D eigenvalue weighted by Crippen LogP contribution is 2.46. The number of amides is 1. The minimum atomic E-state index is -0.994. The molecule has 3 rings (SSSR count). The number of carboxylic acid groups (broad SMARTS) is 1. The SMILES string of the molecule is CC(C)COc1cc(Cl)cc(-c2ccc3c(c2)CC(C)(C)[C@H]3NC(=O)O)c1. The van der Waals surface area contributed by atoms with E-state index in [1.165, 1.54) is 5.56 Å². The largest absolute Gasteiger partial charge is 0.493 e. The van der Waals surface area contributed by atoms with E-state index < -0.39 is 6.09 Å². The van der Waals surface area contributed by atoms with Gasteiger partial charge in [0.15, 0.2) is 0 Å². The first-order chi connectivity index (χ1) is 12.7. The van der Waals surface area contributed by atoms with Crippen LogP contribution in [0.2, 0.25) is 5.02 Å². The van der Waals surface area contributed by atoms with Crippen LogP contribution in [0.1, 0.15) is 44.9 Å². The van der Waals surface area contributed by atoms with E-state index in [9.17, 15) is 9.90 Å². The molecule has 2 N–H and O–H groups in total. The van der Waals surface area contributed by atoms with Crippen molar-refractivity contribution in [2.45, 2.75) is 40.2 Å². The molecule has 0 unspecified atom stereocenters. The summed E-state index contributed by atoms with van der Waals surface area (Å²) in [4.78, 5) is 11.2. The fourth-order valence-corrected chi connectivity index (χ4v) is 3.93. The van der Waals surface area contributed by atoms with E-state index >= 15 is 0 Å². The summed E-state index contributed by atoms with van der Waals surface area (Å²) in [6.45, 7) is 9.03. The van der Waals surface area contributed by atoms with Gasteiger partial charge >= 0.3 is 6.09 Å². The molecule has 0 aromatic heterocycles. The molecule has 0 radical (unpaired) electrons. The number of fused-ring (bicyclic) bond motifs is 1. The summed E-state index contributed by atoms with van der Waals surface area (Å²) >= 11 is 6.30. The van der Waals surface area contributed by atoms with Gasteiger partial charge in [-0.3, -0.25) is 0 Å². The van der Waals surface area contributed by atoms with Crippen LogP contribution in [0.4, 0.5) is 4.79 Å². The van der Waals surface area contributed by atoms with Crippen molar-refractivity contribution in [3.8, 4) is 16.9 Å². The Morgan fingerprint density at radius 1 is 1.26 bits per heavy atom. The fourth-order valence-electron chi connectivity index (χ4n) is 3.71. The van der Waals surface area contributed by atoms with Crippen molar-refractivity contribution in [2.75, 3.05) is 6.61 Å². The summed E-state index contributed by atoms with van der Waals surface area (Å²) in [6.07, 6.45) is -0.176. The van der Waals surface area contributed by atoms with Crippen LogP contribution >= 0.6 is 11.6 Å². The molecule has 0 saturated heterocycles. The molecule has 0 aliphatic heterocycles. The van der Waals surface area contributed by atoms with Gasteiger partial charge in [-0.2, -0.15) is 0 Å². The molecule has 0 saturated carbocycles. The van der Waals surface area contributed by atoms with Crippen molar-refractivity contribution in [1.82, 2.24) is 5.32 Å². The first-order valence-corrected chi connectivity index (χ1v) is 9.59. The van der Waals surface area contributed by atoms with Gasteiger partial charge in [0, 0.05) is 5.02 Å². The van der Waals surface area contributed by atoms with Crippen LogP contribution in [0.5, 0.6) is 5.75 Å². The van der Waals surface area contributed by atoms with Gasteiger partial charge in [-0.15, -0.1) is 0 Å². The lowest BCUT2D eigenvalue weighted by Crippen LogP contribution is -2.34. The third-order valence-corrected chi connectivity index (χ3v) is 5.16. The maximum atomic E-state index is 11.2. The smallest absolute Gasteiger partial charge is 0.405 e. The highest BCUT2D eigenvalue weighted by Gasteiger charge is 2.40. The van der Waals surface area contributed by atoms with E-state index in [0.717, 1.165) is 28.9 Å². The lowest BCUT2D eigenvalue weighted by Gasteiger charge is -2.27. The quantitative estimate of drug-likeness (QED) is 0.668. The number of hydrogen-bond donors (Lipinski definition) is 2. The van der Waals surface area contributed by atoms with Gasteiger partial charge in [0.25, 0.3) is 0 Å². The van der Waals surface area contributed by atoms with Gasteiger partial charge in [0.05, 0.1) is 12.6 Å². The molecule has 2 aromatic carbocycles. The van der Waals surface area contributed by atoms with Crippen molar-refractivity contribution in [2.24, 2.45) is 11.3 Å². The number of nitrogens with one attached hydrogen (secondary N) is 1. The summed E-state index contributed by atoms with van der Waals surface area (Å²) < 4.78 is 5.84. The van der Waals surface area contributed by atoms with Crippen LogP contribution in [-0.4, -0.2) is 17.8 Å². The Labute approximate surface area is 165 Å². The van der Waals surface area contributed by atoms with E-state index in [1.54, 1.807) is 0 Å². The first-order valence-electron chi connectivity index (χ1n) is 9.22. The Morgan fingerprint density at radius 3 is 2.67 bits per heavy atom. The van der Waals surface area contributed by atoms with E-state index in [1.807, 2.05) is 30.3 Å². The van der Waals surface area contributed by atoms with E-state index in [-0.39, 0.29) is 11.5 Å². The van der Waals surface area contributed by atoms with Gasteiger partial charge in [-0.25, -0.2) is 4.79 Å². The van der Waals surface area contributed by atoms with E-state index in [4.69, 9.17) is 16.3 Å². The molecule has 5 heteroatoms. The minimum absolute atomic E-state index is 0.167. The van der Waals surface area contributed by atoms with Crippen molar-refractivity contribution in [3.05, 3.63) is 52.5 Å². The molecule has 1 aliphatic carbocycles. The Kier molecular flexibility index (Phi) is 5.38. The summed E-state index contributed by atoms with van der Waals surface area (Å²) in [6, 6.07) is 11.7. The molecule has 4 nitrogen and oxygen atoms in total. The van der Waals surface area contributed by atoms with Crippen LogP contribution in [-0.2, 0) is 6.42 Å². The normalized spacial score (nSPS) is 17.6. The first kappa shape index (κ1) is 19.6. The highest BCUT2D eigenvalue weighted by atomic mass is 35.5. The number of benzene rings is 2. The third-order valence-electron chi connectivity index (χ3n) is 4.94. The summed E-state index contributed by atoms with van der Waals surface area (Å²) in [5.74, 6) is 1.20. The van der Waals surface area contributed by atoms with Crippen molar-refractivity contribution in [3.63, 3.8) is 0 Å². The number of rotatable bonds is 5. The lowest BCUT2D eigenvalue weighted by molar-refractivity contribution is 0.175. The molecule has 0 fully saturated rings. The van der Waals surface area contributed by atoms with Crippen molar-refractivity contribution < 1.29 is 14.6 Å². The van der Waals surface area contributed by atoms with Gasteiger partial charge in [-0.1, -0.05) is 57.5 Å². The average molecular weight is 388 g/mol. The predicted molar refractivity (Wildman–Crippen MR) is 109 cm³/mol. The zero-order valence-electron chi connectivity index (χ0n) is 16.2. The molecular weight excluding hydrogens is 362 g/mol. The van der Waals surface area contributed by atoms with Gasteiger partial charge < -0.3 is 15.2 Å². The van der Waals surface area contributed by atoms with Gasteiger partial charge in [0.1, 0.15) is 5.75 Å². The van der Waals surface area contributed by atoms with Gasteiger partial charge in [0.2, 0.25) is 0 Å². The second-order valence-electron chi connectivity index (χ2n) is 8.34. The maximum Gasteiger partial charge on any atom is 0.405 e. The molecular formula is C22H26ClNO3. The summed E-state index contributed by atoms with van der Waals surface area (Å²) in [7, 11) is 0. The summed E-state index contributed by atoms with van der Waals surface area (Å²) in [5, 5.41) is 12.5. The molecule has 0 bridgehead atoms. The molecule has 1 aliphatic rings. The second-order valence-corrected chi connectivity index (χ2v) is 8.78. The summed E-state index contributed by atoms with van der Waals surface area (Å²) in [5.41, 5.74) is 4.10. The van der Waals surface area contributed by atoms with Crippen LogP contribution in [0, 0.1) is 11.3 Å². The molecule has 0 heterocycles. The number of hydrogen-bond acceptors (Lipinski definition) is 2. The van der Waals surface area contributed by atoms with Crippen molar-refractivity contribution in [1.29, 1.82) is 0 Å². The second kappa shape index (κ2) is 7.43. The topological polar surface area (TPSA) is 58.6 Å². The number of halogens is 1. The Morgan fingerprint density at radius 2 is 2.00 bits per heavy atom. The maximum absolute atomic E-state index is 11.2. The van der Waals surface area contributed by atoms with Crippen LogP contribution in [0.3, 0.4) is 0 Å². The van der Waals surface area contributed by atoms with Crippen LogP contribution in [0.15, 0.2) is 36.4 Å². The Bertz CT molecular complexity index is 861. The molecule has 0 spiro atoms. The zero-order chi connectivity index (χ0) is 19.8. The number of carbonyl (C=O) groups is 1.